The van der Waals surface area contributed by atoms with Gasteiger partial charge in [-0.3, -0.25) is 0 Å². The first kappa shape index (κ1) is 12.0. The second-order valence-corrected chi connectivity index (χ2v) is 5.19. The van der Waals surface area contributed by atoms with Gasteiger partial charge in [0.15, 0.2) is 0 Å². The lowest BCUT2D eigenvalue weighted by Crippen LogP contribution is -2.15. The normalized spacial score (nSPS) is 15.0. The smallest absolute Gasteiger partial charge is 0.227 e. The molecular formula is C13H12Cl2N2O. The number of rotatable bonds is 4. The molecule has 0 saturated heterocycles. The molecule has 1 aromatic heterocycles. The Morgan fingerprint density at radius 2 is 2.17 bits per heavy atom. The summed E-state index contributed by atoms with van der Waals surface area (Å²) in [6.45, 7) is 0.729. The minimum Gasteiger partial charge on any atom is -0.444 e. The van der Waals surface area contributed by atoms with Gasteiger partial charge in [-0.1, -0.05) is 29.3 Å². The zero-order chi connectivity index (χ0) is 12.5. The summed E-state index contributed by atoms with van der Waals surface area (Å²) >= 11 is 12.1. The topological polar surface area (TPSA) is 38.1 Å². The lowest BCUT2D eigenvalue weighted by Gasteiger charge is -2.00. The van der Waals surface area contributed by atoms with Crippen LogP contribution in [0, 0.1) is 0 Å². The second-order valence-electron chi connectivity index (χ2n) is 4.40. The zero-order valence-corrected chi connectivity index (χ0v) is 11.1. The van der Waals surface area contributed by atoms with E-state index in [0.29, 0.717) is 22.0 Å². The van der Waals surface area contributed by atoms with E-state index in [0.717, 1.165) is 17.8 Å². The molecule has 1 heterocycles. The minimum absolute atomic E-state index is 0.475. The maximum atomic E-state index is 6.13. The van der Waals surface area contributed by atoms with E-state index in [4.69, 9.17) is 27.6 Å². The molecule has 5 heteroatoms. The minimum atomic E-state index is 0.475. The predicted octanol–water partition coefficient (Wildman–Crippen LogP) is 3.90. The van der Waals surface area contributed by atoms with Crippen molar-refractivity contribution in [1.29, 1.82) is 0 Å². The molecule has 18 heavy (non-hydrogen) atoms. The molecule has 1 aliphatic carbocycles. The summed E-state index contributed by atoms with van der Waals surface area (Å²) in [7, 11) is 0. The standard InChI is InChI=1S/C13H12Cl2N2O/c14-11-3-1-2-10(12(11)15)13-17-9(7-18-13)6-16-8-4-5-8/h1-3,7-8,16H,4-6H2. The maximum absolute atomic E-state index is 6.13. The monoisotopic (exact) mass is 282 g/mol. The molecule has 2 aromatic rings. The van der Waals surface area contributed by atoms with E-state index in [1.54, 1.807) is 12.3 Å². The Morgan fingerprint density at radius 1 is 1.33 bits per heavy atom. The number of hydrogen-bond acceptors (Lipinski definition) is 3. The molecule has 0 spiro atoms. The first-order valence-electron chi connectivity index (χ1n) is 5.86. The van der Waals surface area contributed by atoms with Crippen molar-refractivity contribution in [2.75, 3.05) is 0 Å². The van der Waals surface area contributed by atoms with Gasteiger partial charge in [-0.05, 0) is 25.0 Å². The fraction of sp³-hybridized carbons (Fsp3) is 0.308. The molecule has 3 rings (SSSR count). The van der Waals surface area contributed by atoms with Crippen LogP contribution in [0.1, 0.15) is 18.5 Å². The van der Waals surface area contributed by atoms with Crippen molar-refractivity contribution in [3.05, 3.63) is 40.2 Å². The third-order valence-corrected chi connectivity index (χ3v) is 3.70. The van der Waals surface area contributed by atoms with Crippen LogP contribution in [0.15, 0.2) is 28.9 Å². The molecule has 1 N–H and O–H groups in total. The van der Waals surface area contributed by atoms with Crippen LogP contribution >= 0.6 is 23.2 Å². The molecule has 0 bridgehead atoms. The molecule has 0 radical (unpaired) electrons. The summed E-state index contributed by atoms with van der Waals surface area (Å²) in [4.78, 5) is 4.41. The highest BCUT2D eigenvalue weighted by Crippen LogP contribution is 2.32. The van der Waals surface area contributed by atoms with Crippen molar-refractivity contribution in [1.82, 2.24) is 10.3 Å². The molecule has 0 aliphatic heterocycles. The van der Waals surface area contributed by atoms with Crippen molar-refractivity contribution >= 4 is 23.2 Å². The van der Waals surface area contributed by atoms with Crippen molar-refractivity contribution in [2.24, 2.45) is 0 Å². The van der Waals surface area contributed by atoms with Gasteiger partial charge in [-0.15, -0.1) is 0 Å². The number of nitrogens with zero attached hydrogens (tertiary/aromatic N) is 1. The van der Waals surface area contributed by atoms with E-state index in [1.165, 1.54) is 12.8 Å². The van der Waals surface area contributed by atoms with Crippen molar-refractivity contribution < 1.29 is 4.42 Å². The van der Waals surface area contributed by atoms with Gasteiger partial charge in [-0.25, -0.2) is 4.98 Å². The summed E-state index contributed by atoms with van der Waals surface area (Å²) in [6, 6.07) is 6.07. The Labute approximate surface area is 115 Å². The van der Waals surface area contributed by atoms with E-state index >= 15 is 0 Å². The molecule has 1 saturated carbocycles. The molecule has 94 valence electrons. The van der Waals surface area contributed by atoms with Gasteiger partial charge in [0.05, 0.1) is 21.3 Å². The first-order valence-corrected chi connectivity index (χ1v) is 6.62. The molecule has 0 amide bonds. The summed E-state index contributed by atoms with van der Waals surface area (Å²) < 4.78 is 5.45. The van der Waals surface area contributed by atoms with Gasteiger partial charge in [0.25, 0.3) is 0 Å². The first-order chi connectivity index (χ1) is 8.74. The van der Waals surface area contributed by atoms with Gasteiger partial charge in [0.1, 0.15) is 6.26 Å². The summed E-state index contributed by atoms with van der Waals surface area (Å²) in [5.41, 5.74) is 1.61. The van der Waals surface area contributed by atoms with Crippen LogP contribution in [0.3, 0.4) is 0 Å². The summed E-state index contributed by atoms with van der Waals surface area (Å²) in [6.07, 6.45) is 4.16. The van der Waals surface area contributed by atoms with Crippen LogP contribution in [0.4, 0.5) is 0 Å². The number of halogens is 2. The van der Waals surface area contributed by atoms with E-state index in [2.05, 4.69) is 10.3 Å². The van der Waals surface area contributed by atoms with Gasteiger partial charge in [0, 0.05) is 12.6 Å². The highest BCUT2D eigenvalue weighted by atomic mass is 35.5. The molecule has 0 atom stereocenters. The molecule has 3 nitrogen and oxygen atoms in total. The van der Waals surface area contributed by atoms with Gasteiger partial charge < -0.3 is 9.73 Å². The van der Waals surface area contributed by atoms with Crippen molar-refractivity contribution in [3.8, 4) is 11.5 Å². The van der Waals surface area contributed by atoms with E-state index in [-0.39, 0.29) is 0 Å². The molecule has 1 aliphatic rings. The van der Waals surface area contributed by atoms with Crippen LogP contribution in [-0.4, -0.2) is 11.0 Å². The van der Waals surface area contributed by atoms with Crippen LogP contribution in [0.5, 0.6) is 0 Å². The molecule has 1 aromatic carbocycles. The van der Waals surface area contributed by atoms with E-state index in [9.17, 15) is 0 Å². The van der Waals surface area contributed by atoms with Crippen molar-refractivity contribution in [3.63, 3.8) is 0 Å². The average molecular weight is 283 g/mol. The number of aromatic nitrogens is 1. The second kappa shape index (κ2) is 4.92. The largest absolute Gasteiger partial charge is 0.444 e. The van der Waals surface area contributed by atoms with E-state index < -0.39 is 0 Å². The Bertz CT molecular complexity index is 564. The molecule has 1 fully saturated rings. The van der Waals surface area contributed by atoms with Crippen molar-refractivity contribution in [2.45, 2.75) is 25.4 Å². The number of oxazole rings is 1. The lowest BCUT2D eigenvalue weighted by atomic mass is 10.2. The van der Waals surface area contributed by atoms with Gasteiger partial charge >= 0.3 is 0 Å². The fourth-order valence-corrected chi connectivity index (χ4v) is 2.10. The summed E-state index contributed by atoms with van der Waals surface area (Å²) in [5, 5.41) is 4.36. The van der Waals surface area contributed by atoms with Crippen LogP contribution in [0.2, 0.25) is 10.0 Å². The summed E-state index contributed by atoms with van der Waals surface area (Å²) in [5.74, 6) is 0.509. The Morgan fingerprint density at radius 3 is 2.94 bits per heavy atom. The number of hydrogen-bond donors (Lipinski definition) is 1. The lowest BCUT2D eigenvalue weighted by molar-refractivity contribution is 0.570. The van der Waals surface area contributed by atoms with Gasteiger partial charge in [0.2, 0.25) is 5.89 Å². The quantitative estimate of drug-likeness (QED) is 0.924. The predicted molar refractivity (Wildman–Crippen MR) is 71.8 cm³/mol. The Balaban J connectivity index is 1.80. The highest BCUT2D eigenvalue weighted by Gasteiger charge is 2.21. The van der Waals surface area contributed by atoms with Gasteiger partial charge in [-0.2, -0.15) is 0 Å². The van der Waals surface area contributed by atoms with E-state index in [1.807, 2.05) is 12.1 Å². The third kappa shape index (κ3) is 2.53. The number of benzene rings is 1. The SMILES string of the molecule is Clc1cccc(-c2nc(CNC3CC3)co2)c1Cl. The Kier molecular flexibility index (Phi) is 3.29. The molecular weight excluding hydrogens is 271 g/mol. The molecule has 0 unspecified atom stereocenters. The van der Waals surface area contributed by atoms with Crippen LogP contribution in [0.25, 0.3) is 11.5 Å². The maximum Gasteiger partial charge on any atom is 0.227 e. The Hall–Kier alpha value is -1.03. The average Bonchev–Trinajstić information content (AvgIpc) is 3.08. The zero-order valence-electron chi connectivity index (χ0n) is 9.62. The fourth-order valence-electron chi connectivity index (χ4n) is 1.72. The van der Waals surface area contributed by atoms with Crippen LogP contribution in [-0.2, 0) is 6.54 Å². The third-order valence-electron chi connectivity index (χ3n) is 2.88. The highest BCUT2D eigenvalue weighted by molar-refractivity contribution is 6.43. The van der Waals surface area contributed by atoms with Crippen LogP contribution < -0.4 is 5.32 Å². The number of nitrogens with one attached hydrogen (secondary N) is 1.